The lowest BCUT2D eigenvalue weighted by atomic mass is 9.61. The van der Waals surface area contributed by atoms with Gasteiger partial charge >= 0.3 is 0 Å². The Morgan fingerprint density at radius 3 is 2.03 bits per heavy atom. The molecule has 0 bridgehead atoms. The molecule has 1 aliphatic heterocycles. The van der Waals surface area contributed by atoms with Crippen molar-refractivity contribution in [1.29, 1.82) is 0 Å². The van der Waals surface area contributed by atoms with Crippen molar-refractivity contribution in [3.8, 4) is 22.3 Å². The monoisotopic (exact) mass is 469 g/mol. The number of rotatable bonds is 2. The molecule has 2 atom stereocenters. The molecule has 2 aliphatic carbocycles. The summed E-state index contributed by atoms with van der Waals surface area (Å²) in [5.41, 5.74) is 12.8. The molecule has 0 N–H and O–H groups in total. The lowest BCUT2D eigenvalue weighted by Gasteiger charge is -2.50. The lowest BCUT2D eigenvalue weighted by molar-refractivity contribution is 0.195. The minimum absolute atomic E-state index is 0.0245. The van der Waals surface area contributed by atoms with Gasteiger partial charge in [0, 0.05) is 22.2 Å². The molecule has 0 saturated heterocycles. The van der Waals surface area contributed by atoms with Gasteiger partial charge in [0.05, 0.1) is 5.54 Å². The number of nitrogens with zero attached hydrogens (tertiary/aromatic N) is 1. The van der Waals surface area contributed by atoms with E-state index in [0.29, 0.717) is 0 Å². The van der Waals surface area contributed by atoms with E-state index in [-0.39, 0.29) is 16.4 Å². The summed E-state index contributed by atoms with van der Waals surface area (Å²) in [5, 5.41) is 0. The van der Waals surface area contributed by atoms with E-state index in [1.807, 2.05) is 0 Å². The first kappa shape index (κ1) is 21.9. The van der Waals surface area contributed by atoms with Crippen LogP contribution in [0.3, 0.4) is 0 Å². The second-order valence-corrected chi connectivity index (χ2v) is 12.1. The smallest absolute Gasteiger partial charge is 0.0517 e. The van der Waals surface area contributed by atoms with E-state index >= 15 is 0 Å². The summed E-state index contributed by atoms with van der Waals surface area (Å²) in [4.78, 5) is 2.66. The van der Waals surface area contributed by atoms with Crippen molar-refractivity contribution < 1.29 is 0 Å². The molecule has 1 nitrogen and oxygen atoms in total. The first-order chi connectivity index (χ1) is 17.3. The van der Waals surface area contributed by atoms with Crippen molar-refractivity contribution in [2.75, 3.05) is 4.90 Å². The molecule has 180 valence electrons. The van der Waals surface area contributed by atoms with E-state index in [4.69, 9.17) is 0 Å². The highest BCUT2D eigenvalue weighted by Gasteiger charge is 2.57. The third kappa shape index (κ3) is 2.72. The van der Waals surface area contributed by atoms with Crippen LogP contribution in [0.4, 0.5) is 11.4 Å². The van der Waals surface area contributed by atoms with Crippen molar-refractivity contribution in [3.05, 3.63) is 108 Å². The lowest BCUT2D eigenvalue weighted by Crippen LogP contribution is -2.54. The third-order valence-corrected chi connectivity index (χ3v) is 10.0. The van der Waals surface area contributed by atoms with Crippen LogP contribution in [-0.2, 0) is 10.8 Å². The van der Waals surface area contributed by atoms with Crippen LogP contribution in [0.1, 0.15) is 70.1 Å². The van der Waals surface area contributed by atoms with E-state index in [1.165, 1.54) is 76.0 Å². The van der Waals surface area contributed by atoms with Crippen LogP contribution < -0.4 is 4.90 Å². The maximum atomic E-state index is 2.66. The summed E-state index contributed by atoms with van der Waals surface area (Å²) in [5.74, 6) is 0. The first-order valence-electron chi connectivity index (χ1n) is 13.6. The van der Waals surface area contributed by atoms with Crippen LogP contribution in [0.15, 0.2) is 91.0 Å². The van der Waals surface area contributed by atoms with Crippen LogP contribution in [0.25, 0.3) is 22.3 Å². The second kappa shape index (κ2) is 7.35. The molecule has 4 aromatic rings. The fourth-order valence-corrected chi connectivity index (χ4v) is 7.78. The Labute approximate surface area is 215 Å². The molecule has 4 aromatic carbocycles. The van der Waals surface area contributed by atoms with Crippen molar-refractivity contribution in [1.82, 2.24) is 0 Å². The molecule has 1 heteroatoms. The van der Waals surface area contributed by atoms with Crippen LogP contribution in [0.5, 0.6) is 0 Å². The van der Waals surface area contributed by atoms with Gasteiger partial charge in [-0.1, -0.05) is 94.3 Å². The quantitative estimate of drug-likeness (QED) is 0.283. The predicted octanol–water partition coefficient (Wildman–Crippen LogP) is 9.40. The topological polar surface area (TPSA) is 3.24 Å². The molecule has 0 aromatic heterocycles. The average Bonchev–Trinajstić information content (AvgIpc) is 3.26. The zero-order valence-electron chi connectivity index (χ0n) is 21.9. The van der Waals surface area contributed by atoms with E-state index in [2.05, 4.69) is 124 Å². The molecule has 0 radical (unpaired) electrons. The Kier molecular flexibility index (Phi) is 4.48. The summed E-state index contributed by atoms with van der Waals surface area (Å²) < 4.78 is 0. The summed E-state index contributed by atoms with van der Waals surface area (Å²) in [6, 6.07) is 34.4. The molecule has 1 heterocycles. The van der Waals surface area contributed by atoms with Crippen LogP contribution in [-0.4, -0.2) is 5.54 Å². The van der Waals surface area contributed by atoms with Gasteiger partial charge in [0.15, 0.2) is 0 Å². The van der Waals surface area contributed by atoms with Gasteiger partial charge in [0.25, 0.3) is 0 Å². The number of anilines is 2. The molecule has 0 amide bonds. The van der Waals surface area contributed by atoms with Crippen LogP contribution in [0, 0.1) is 0 Å². The molecule has 1 fully saturated rings. The summed E-state index contributed by atoms with van der Waals surface area (Å²) >= 11 is 0. The van der Waals surface area contributed by atoms with Crippen molar-refractivity contribution in [3.63, 3.8) is 0 Å². The molecule has 0 spiro atoms. The van der Waals surface area contributed by atoms with Gasteiger partial charge in [-0.25, -0.2) is 0 Å². The van der Waals surface area contributed by atoms with Gasteiger partial charge in [0.1, 0.15) is 0 Å². The normalized spacial score (nSPS) is 25.2. The molecule has 36 heavy (non-hydrogen) atoms. The molecule has 1 saturated carbocycles. The maximum Gasteiger partial charge on any atom is 0.0517 e. The highest BCUT2D eigenvalue weighted by molar-refractivity contribution is 5.85. The fraction of sp³-hybridized carbons (Fsp3) is 0.314. The van der Waals surface area contributed by atoms with Crippen molar-refractivity contribution in [2.24, 2.45) is 0 Å². The highest BCUT2D eigenvalue weighted by Crippen LogP contribution is 2.61. The Balaban J connectivity index is 1.38. The van der Waals surface area contributed by atoms with Gasteiger partial charge in [0.2, 0.25) is 0 Å². The maximum absolute atomic E-state index is 2.66. The Bertz CT molecular complexity index is 1500. The average molecular weight is 470 g/mol. The molecule has 3 aliphatic rings. The van der Waals surface area contributed by atoms with E-state index < -0.39 is 0 Å². The van der Waals surface area contributed by atoms with Crippen LogP contribution in [0.2, 0.25) is 0 Å². The minimum Gasteiger partial charge on any atom is -0.334 e. The summed E-state index contributed by atoms with van der Waals surface area (Å²) in [7, 11) is 0. The number of benzene rings is 4. The van der Waals surface area contributed by atoms with Gasteiger partial charge in [-0.15, -0.1) is 0 Å². The fourth-order valence-electron chi connectivity index (χ4n) is 7.78. The molecule has 2 unspecified atom stereocenters. The van der Waals surface area contributed by atoms with E-state index in [1.54, 1.807) is 0 Å². The minimum atomic E-state index is 0.0245. The van der Waals surface area contributed by atoms with Gasteiger partial charge < -0.3 is 4.90 Å². The van der Waals surface area contributed by atoms with Gasteiger partial charge in [-0.2, -0.15) is 0 Å². The standard InChI is InChI=1S/C35H35N/c1-33(2)29-15-9-8-14-27(29)28-18-16-24(22-30(28)33)25-17-19-32-31(23-25)34(3)20-10-11-21-35(34,4)36(32)26-12-6-5-7-13-26/h5-9,12-19,22-23H,10-11,20-21H2,1-4H3. The number of fused-ring (bicyclic) bond motifs is 6. The first-order valence-corrected chi connectivity index (χ1v) is 13.6. The van der Waals surface area contributed by atoms with Crippen molar-refractivity contribution in [2.45, 2.75) is 69.7 Å². The zero-order chi connectivity index (χ0) is 24.7. The molecule has 7 rings (SSSR count). The largest absolute Gasteiger partial charge is 0.334 e. The summed E-state index contributed by atoms with van der Waals surface area (Å²) in [6.07, 6.45) is 5.09. The Hall–Kier alpha value is -3.32. The predicted molar refractivity (Wildman–Crippen MR) is 152 cm³/mol. The zero-order valence-corrected chi connectivity index (χ0v) is 21.9. The van der Waals surface area contributed by atoms with Gasteiger partial charge in [-0.05, 0) is 89.0 Å². The number of para-hydroxylation sites is 1. The van der Waals surface area contributed by atoms with E-state index in [0.717, 1.165) is 0 Å². The Morgan fingerprint density at radius 2 is 1.22 bits per heavy atom. The second-order valence-electron chi connectivity index (χ2n) is 12.1. The van der Waals surface area contributed by atoms with Gasteiger partial charge in [-0.3, -0.25) is 0 Å². The highest BCUT2D eigenvalue weighted by atomic mass is 15.2. The SMILES string of the molecule is CC1(C)c2ccccc2-c2ccc(-c3ccc4c(c3)C3(C)CCCCC3(C)N4c3ccccc3)cc21. The van der Waals surface area contributed by atoms with Crippen molar-refractivity contribution >= 4 is 11.4 Å². The molecular weight excluding hydrogens is 434 g/mol. The Morgan fingerprint density at radius 1 is 0.583 bits per heavy atom. The summed E-state index contributed by atoms with van der Waals surface area (Å²) in [6.45, 7) is 9.78. The van der Waals surface area contributed by atoms with E-state index in [9.17, 15) is 0 Å². The number of hydrogen-bond donors (Lipinski definition) is 0. The third-order valence-electron chi connectivity index (χ3n) is 10.0. The molecular formula is C35H35N. The number of hydrogen-bond acceptors (Lipinski definition) is 1. The van der Waals surface area contributed by atoms with Crippen LogP contribution >= 0.6 is 0 Å².